The quantitative estimate of drug-likeness (QED) is 0.790. The molecule has 2 heterocycles. The summed E-state index contributed by atoms with van der Waals surface area (Å²) in [4.78, 5) is 6.16. The average molecular weight is 375 g/mol. The van der Waals surface area contributed by atoms with Gasteiger partial charge in [0, 0.05) is 4.88 Å². The number of halogens is 3. The van der Waals surface area contributed by atoms with Crippen molar-refractivity contribution < 1.29 is 0 Å². The molecule has 0 aliphatic heterocycles. The number of nitrogen functional groups attached to an aromatic ring is 1. The lowest BCUT2D eigenvalue weighted by atomic mass is 10.4. The van der Waals surface area contributed by atoms with Gasteiger partial charge >= 0.3 is 0 Å². The summed E-state index contributed by atoms with van der Waals surface area (Å²) < 4.78 is 1.69. The zero-order valence-electron chi connectivity index (χ0n) is 6.55. The van der Waals surface area contributed by atoms with Crippen molar-refractivity contribution in [3.8, 4) is 9.75 Å². The molecule has 2 rings (SSSR count). The van der Waals surface area contributed by atoms with E-state index in [1.54, 1.807) is 11.3 Å². The second kappa shape index (κ2) is 4.09. The fourth-order valence-electron chi connectivity index (χ4n) is 0.927. The lowest BCUT2D eigenvalue weighted by Crippen LogP contribution is -1.78. The Labute approximate surface area is 110 Å². The smallest absolute Gasteiger partial charge is 0.181 e. The van der Waals surface area contributed by atoms with Gasteiger partial charge in [0.2, 0.25) is 0 Å². The molecule has 0 aromatic carbocycles. The van der Waals surface area contributed by atoms with E-state index in [0.29, 0.717) is 10.2 Å². The molecule has 74 valence electrons. The zero-order valence-corrected chi connectivity index (χ0v) is 12.1. The van der Waals surface area contributed by atoms with E-state index < -0.39 is 0 Å². The Kier molecular flexibility index (Phi) is 3.18. The molecule has 14 heavy (non-hydrogen) atoms. The highest BCUT2D eigenvalue weighted by Gasteiger charge is 2.13. The van der Waals surface area contributed by atoms with Gasteiger partial charge in [0.25, 0.3) is 0 Å². The standard InChI is InChI=1S/C7H3Br2ClN2S2/c8-5-4(14-7(11)12-5)3-1-2(10)6(9)13-3/h1H,(H2,11,12). The molecule has 0 atom stereocenters. The van der Waals surface area contributed by atoms with Crippen LogP contribution in [-0.2, 0) is 0 Å². The summed E-state index contributed by atoms with van der Waals surface area (Å²) in [5.74, 6) is 0. The molecule has 0 radical (unpaired) electrons. The summed E-state index contributed by atoms with van der Waals surface area (Å²) in [6.07, 6.45) is 0. The predicted octanol–water partition coefficient (Wildman–Crippen LogP) is 4.63. The number of anilines is 1. The van der Waals surface area contributed by atoms with Gasteiger partial charge < -0.3 is 5.73 Å². The van der Waals surface area contributed by atoms with E-state index in [1.807, 2.05) is 6.07 Å². The molecular weight excluding hydrogens is 371 g/mol. The van der Waals surface area contributed by atoms with Crippen molar-refractivity contribution in [2.45, 2.75) is 0 Å². The van der Waals surface area contributed by atoms with E-state index in [9.17, 15) is 0 Å². The van der Waals surface area contributed by atoms with Crippen LogP contribution in [0.2, 0.25) is 5.02 Å². The lowest BCUT2D eigenvalue weighted by molar-refractivity contribution is 1.37. The van der Waals surface area contributed by atoms with Crippen LogP contribution in [0, 0.1) is 0 Å². The zero-order chi connectivity index (χ0) is 10.3. The van der Waals surface area contributed by atoms with Crippen LogP contribution >= 0.6 is 66.1 Å². The van der Waals surface area contributed by atoms with Gasteiger partial charge in [0.1, 0.15) is 4.60 Å². The van der Waals surface area contributed by atoms with Gasteiger partial charge in [0.15, 0.2) is 5.13 Å². The molecule has 0 amide bonds. The third-order valence-electron chi connectivity index (χ3n) is 1.47. The molecule has 0 aliphatic rings. The highest BCUT2D eigenvalue weighted by Crippen LogP contribution is 2.43. The molecule has 7 heteroatoms. The normalized spacial score (nSPS) is 10.8. The Bertz CT molecular complexity index is 460. The van der Waals surface area contributed by atoms with E-state index >= 15 is 0 Å². The van der Waals surface area contributed by atoms with Crippen molar-refractivity contribution >= 4 is 71.3 Å². The van der Waals surface area contributed by atoms with Crippen LogP contribution in [0.15, 0.2) is 14.5 Å². The molecule has 2 nitrogen and oxygen atoms in total. The second-order valence-corrected chi connectivity index (χ2v) is 6.96. The van der Waals surface area contributed by atoms with Crippen LogP contribution in [0.3, 0.4) is 0 Å². The third-order valence-corrected chi connectivity index (χ3v) is 5.85. The Morgan fingerprint density at radius 3 is 2.50 bits per heavy atom. The molecule has 2 N–H and O–H groups in total. The number of aromatic nitrogens is 1. The molecule has 0 fully saturated rings. The summed E-state index contributed by atoms with van der Waals surface area (Å²) in [6, 6.07) is 1.90. The first-order valence-corrected chi connectivity index (χ1v) is 7.04. The maximum atomic E-state index is 5.94. The first kappa shape index (κ1) is 10.9. The van der Waals surface area contributed by atoms with Gasteiger partial charge in [-0.05, 0) is 37.9 Å². The third kappa shape index (κ3) is 1.99. The van der Waals surface area contributed by atoms with Gasteiger partial charge in [-0.15, -0.1) is 11.3 Å². The number of hydrogen-bond donors (Lipinski definition) is 1. The number of nitrogens with two attached hydrogens (primary N) is 1. The van der Waals surface area contributed by atoms with E-state index in [-0.39, 0.29) is 0 Å². The molecule has 0 saturated carbocycles. The van der Waals surface area contributed by atoms with E-state index in [2.05, 4.69) is 36.8 Å². The monoisotopic (exact) mass is 372 g/mol. The molecule has 2 aromatic heterocycles. The van der Waals surface area contributed by atoms with Crippen LogP contribution in [0.25, 0.3) is 9.75 Å². The molecule has 0 spiro atoms. The Morgan fingerprint density at radius 2 is 2.07 bits per heavy atom. The van der Waals surface area contributed by atoms with E-state index in [0.717, 1.165) is 18.1 Å². The van der Waals surface area contributed by atoms with Crippen molar-refractivity contribution in [1.29, 1.82) is 0 Å². The molecular formula is C7H3Br2ClN2S2. The van der Waals surface area contributed by atoms with Crippen molar-refractivity contribution in [2.24, 2.45) is 0 Å². The molecule has 0 unspecified atom stereocenters. The minimum atomic E-state index is 0.549. The number of thiazole rings is 1. The highest BCUT2D eigenvalue weighted by molar-refractivity contribution is 9.11. The van der Waals surface area contributed by atoms with Crippen LogP contribution in [0.4, 0.5) is 5.13 Å². The molecule has 0 bridgehead atoms. The van der Waals surface area contributed by atoms with Gasteiger partial charge in [0.05, 0.1) is 13.7 Å². The van der Waals surface area contributed by atoms with Gasteiger partial charge in [-0.3, -0.25) is 0 Å². The van der Waals surface area contributed by atoms with Crippen LogP contribution < -0.4 is 5.73 Å². The number of hydrogen-bond acceptors (Lipinski definition) is 4. The largest absolute Gasteiger partial charge is 0.375 e. The molecule has 2 aromatic rings. The summed E-state index contributed by atoms with van der Waals surface area (Å²) in [6.45, 7) is 0. The summed E-state index contributed by atoms with van der Waals surface area (Å²) in [5.41, 5.74) is 5.60. The molecule has 0 aliphatic carbocycles. The maximum absolute atomic E-state index is 5.94. The first-order chi connectivity index (χ1) is 6.58. The summed E-state index contributed by atoms with van der Waals surface area (Å²) in [5, 5.41) is 1.26. The van der Waals surface area contributed by atoms with Crippen molar-refractivity contribution in [3.63, 3.8) is 0 Å². The van der Waals surface area contributed by atoms with Crippen molar-refractivity contribution in [3.05, 3.63) is 19.5 Å². The lowest BCUT2D eigenvalue weighted by Gasteiger charge is -1.88. The number of nitrogens with zero attached hydrogens (tertiary/aromatic N) is 1. The fraction of sp³-hybridized carbons (Fsp3) is 0. The minimum Gasteiger partial charge on any atom is -0.375 e. The number of rotatable bonds is 1. The van der Waals surface area contributed by atoms with Crippen molar-refractivity contribution in [2.75, 3.05) is 5.73 Å². The Balaban J connectivity index is 2.54. The van der Waals surface area contributed by atoms with Crippen LogP contribution in [0.5, 0.6) is 0 Å². The Hall–Kier alpha value is 0.380. The van der Waals surface area contributed by atoms with Gasteiger partial charge in [-0.2, -0.15) is 0 Å². The predicted molar refractivity (Wildman–Crippen MR) is 70.2 cm³/mol. The first-order valence-electron chi connectivity index (χ1n) is 3.45. The topological polar surface area (TPSA) is 38.9 Å². The van der Waals surface area contributed by atoms with Crippen LogP contribution in [-0.4, -0.2) is 4.98 Å². The minimum absolute atomic E-state index is 0.549. The van der Waals surface area contributed by atoms with Gasteiger partial charge in [-0.1, -0.05) is 22.9 Å². The highest BCUT2D eigenvalue weighted by atomic mass is 79.9. The summed E-state index contributed by atoms with van der Waals surface area (Å²) >= 11 is 15.7. The molecule has 0 saturated heterocycles. The van der Waals surface area contributed by atoms with E-state index in [1.165, 1.54) is 11.3 Å². The Morgan fingerprint density at radius 1 is 1.36 bits per heavy atom. The van der Waals surface area contributed by atoms with Crippen molar-refractivity contribution in [1.82, 2.24) is 4.98 Å². The summed E-state index contributed by atoms with van der Waals surface area (Å²) in [7, 11) is 0. The second-order valence-electron chi connectivity index (χ2n) is 2.40. The van der Waals surface area contributed by atoms with Crippen LogP contribution in [0.1, 0.15) is 0 Å². The fourth-order valence-corrected chi connectivity index (χ4v) is 4.35. The maximum Gasteiger partial charge on any atom is 0.181 e. The number of thiophene rings is 1. The van der Waals surface area contributed by atoms with Gasteiger partial charge in [-0.25, -0.2) is 4.98 Å². The van der Waals surface area contributed by atoms with E-state index in [4.69, 9.17) is 17.3 Å². The SMILES string of the molecule is Nc1nc(Br)c(-c2cc(Cl)c(Br)s2)s1. The average Bonchev–Trinajstić information content (AvgIpc) is 2.57.